The summed E-state index contributed by atoms with van der Waals surface area (Å²) < 4.78 is 5.47. The lowest BCUT2D eigenvalue weighted by atomic mass is 9.87. The van der Waals surface area contributed by atoms with Gasteiger partial charge in [0.1, 0.15) is 0 Å². The first-order chi connectivity index (χ1) is 15.9. The molecule has 0 saturated heterocycles. The van der Waals surface area contributed by atoms with E-state index in [1.54, 1.807) is 14.0 Å². The van der Waals surface area contributed by atoms with Crippen molar-refractivity contribution in [3.8, 4) is 11.5 Å². The fourth-order valence-corrected chi connectivity index (χ4v) is 4.01. The summed E-state index contributed by atoms with van der Waals surface area (Å²) in [5, 5.41) is 25.0. The second-order valence-electron chi connectivity index (χ2n) is 7.51. The molecule has 8 nitrogen and oxygen atoms in total. The number of urea groups is 1. The number of aromatic hydroxyl groups is 1. The highest BCUT2D eigenvalue weighted by molar-refractivity contribution is 6.03. The van der Waals surface area contributed by atoms with E-state index in [9.17, 15) is 20.0 Å². The predicted molar refractivity (Wildman–Crippen MR) is 125 cm³/mol. The molecule has 0 fully saturated rings. The Bertz CT molecular complexity index is 1230. The third-order valence-corrected chi connectivity index (χ3v) is 5.49. The topological polar surface area (TPSA) is 105 Å². The van der Waals surface area contributed by atoms with Gasteiger partial charge in [-0.05, 0) is 29.7 Å². The van der Waals surface area contributed by atoms with Crippen LogP contribution >= 0.6 is 0 Å². The second kappa shape index (κ2) is 9.04. The number of benzene rings is 3. The molecule has 0 bridgehead atoms. The van der Waals surface area contributed by atoms with Crippen LogP contribution in [-0.4, -0.2) is 34.6 Å². The van der Waals surface area contributed by atoms with Gasteiger partial charge in [-0.2, -0.15) is 0 Å². The Kier molecular flexibility index (Phi) is 5.99. The third kappa shape index (κ3) is 4.10. The Balaban J connectivity index is 2.02. The molecular formula is C25H23N3O5. The Morgan fingerprint density at radius 3 is 2.24 bits per heavy atom. The highest BCUT2D eigenvalue weighted by Gasteiger charge is 2.35. The van der Waals surface area contributed by atoms with Crippen LogP contribution in [-0.2, 0) is 0 Å². The van der Waals surface area contributed by atoms with Gasteiger partial charge in [0.15, 0.2) is 5.75 Å². The summed E-state index contributed by atoms with van der Waals surface area (Å²) in [6.07, 6.45) is 0. The van der Waals surface area contributed by atoms with Gasteiger partial charge in [-0.1, -0.05) is 60.7 Å². The molecule has 1 aliphatic heterocycles. The Morgan fingerprint density at radius 2 is 1.67 bits per heavy atom. The zero-order valence-electron chi connectivity index (χ0n) is 18.2. The minimum Gasteiger partial charge on any atom is -0.500 e. The van der Waals surface area contributed by atoms with Gasteiger partial charge in [-0.25, -0.2) is 4.79 Å². The first kappa shape index (κ1) is 21.9. The fraction of sp³-hybridized carbons (Fsp3) is 0.160. The molecule has 3 aromatic rings. The van der Waals surface area contributed by atoms with Crippen LogP contribution in [0.15, 0.2) is 72.8 Å². The van der Waals surface area contributed by atoms with Gasteiger partial charge in [0.05, 0.1) is 23.3 Å². The van der Waals surface area contributed by atoms with E-state index in [0.717, 1.165) is 16.7 Å². The maximum Gasteiger partial charge on any atom is 0.322 e. The van der Waals surface area contributed by atoms with Gasteiger partial charge in [0.2, 0.25) is 5.75 Å². The van der Waals surface area contributed by atoms with Crippen molar-refractivity contribution < 1.29 is 19.6 Å². The monoisotopic (exact) mass is 445 g/mol. The van der Waals surface area contributed by atoms with Crippen LogP contribution in [0.3, 0.4) is 0 Å². The van der Waals surface area contributed by atoms with E-state index in [1.807, 2.05) is 60.7 Å². The fourth-order valence-electron chi connectivity index (χ4n) is 4.01. The smallest absolute Gasteiger partial charge is 0.322 e. The molecule has 1 unspecified atom stereocenters. The molecule has 0 radical (unpaired) electrons. The van der Waals surface area contributed by atoms with Gasteiger partial charge in [0.25, 0.3) is 0 Å². The number of nitro groups is 1. The summed E-state index contributed by atoms with van der Waals surface area (Å²) >= 11 is 0. The van der Waals surface area contributed by atoms with Crippen molar-refractivity contribution in [2.75, 3.05) is 13.7 Å². The van der Waals surface area contributed by atoms with Gasteiger partial charge < -0.3 is 15.2 Å². The lowest BCUT2D eigenvalue weighted by molar-refractivity contribution is -0.386. The molecule has 4 rings (SSSR count). The molecule has 0 aliphatic carbocycles. The zero-order valence-corrected chi connectivity index (χ0v) is 18.2. The summed E-state index contributed by atoms with van der Waals surface area (Å²) in [4.78, 5) is 25.5. The van der Waals surface area contributed by atoms with Crippen molar-refractivity contribution in [1.29, 1.82) is 0 Å². The van der Waals surface area contributed by atoms with E-state index in [2.05, 4.69) is 5.32 Å². The molecule has 1 atom stereocenters. The summed E-state index contributed by atoms with van der Waals surface area (Å²) in [5.74, 6) is -0.554. The molecule has 1 heterocycles. The number of nitro benzene ring substituents is 1. The van der Waals surface area contributed by atoms with Crippen LogP contribution in [0.25, 0.3) is 11.3 Å². The molecule has 1 aliphatic rings. The number of hydrogen-bond donors (Lipinski definition) is 2. The maximum atomic E-state index is 13.0. The lowest BCUT2D eigenvalue weighted by Crippen LogP contribution is -2.44. The van der Waals surface area contributed by atoms with Crippen LogP contribution in [0.4, 0.5) is 10.5 Å². The van der Waals surface area contributed by atoms with E-state index >= 15 is 0 Å². The first-order valence-electron chi connectivity index (χ1n) is 10.5. The van der Waals surface area contributed by atoms with Gasteiger partial charge in [-0.3, -0.25) is 15.0 Å². The van der Waals surface area contributed by atoms with Crippen molar-refractivity contribution >= 4 is 23.0 Å². The number of phenols is 1. The summed E-state index contributed by atoms with van der Waals surface area (Å²) in [6, 6.07) is 20.8. The van der Waals surface area contributed by atoms with Crippen LogP contribution in [0.2, 0.25) is 0 Å². The third-order valence-electron chi connectivity index (χ3n) is 5.49. The minimum atomic E-state index is -0.718. The molecule has 0 saturated carbocycles. The SMILES string of the molecule is CCOc1cc(C2NC(=O)N(C)C(c3ccccc3)=C2c2ccccc2)cc([N+](=O)[O-])c1O. The van der Waals surface area contributed by atoms with Gasteiger partial charge >= 0.3 is 11.7 Å². The first-order valence-corrected chi connectivity index (χ1v) is 10.5. The van der Waals surface area contributed by atoms with Crippen molar-refractivity contribution in [3.05, 3.63) is 99.6 Å². The molecule has 3 aromatic carbocycles. The van der Waals surface area contributed by atoms with Crippen molar-refractivity contribution in [2.24, 2.45) is 0 Å². The number of hydrogen-bond acceptors (Lipinski definition) is 5. The Hall–Kier alpha value is -4.33. The number of nitrogens with one attached hydrogen (secondary N) is 1. The molecule has 8 heteroatoms. The number of carbonyl (C=O) groups is 1. The van der Waals surface area contributed by atoms with E-state index in [0.29, 0.717) is 11.3 Å². The van der Waals surface area contributed by atoms with E-state index in [1.165, 1.54) is 17.0 Å². The average Bonchev–Trinajstić information content (AvgIpc) is 2.82. The number of phenolic OH excluding ortho intramolecular Hbond substituents is 1. The van der Waals surface area contributed by atoms with Crippen LogP contribution in [0.5, 0.6) is 11.5 Å². The van der Waals surface area contributed by atoms with Crippen LogP contribution < -0.4 is 10.1 Å². The quantitative estimate of drug-likeness (QED) is 0.412. The van der Waals surface area contributed by atoms with Gasteiger partial charge in [-0.15, -0.1) is 0 Å². The normalized spacial score (nSPS) is 15.9. The summed E-state index contributed by atoms with van der Waals surface area (Å²) in [6.45, 7) is 1.93. The van der Waals surface area contributed by atoms with Gasteiger partial charge in [0, 0.05) is 18.7 Å². The summed E-state index contributed by atoms with van der Waals surface area (Å²) in [7, 11) is 1.68. The minimum absolute atomic E-state index is 0.0106. The average molecular weight is 445 g/mol. The molecule has 168 valence electrons. The van der Waals surface area contributed by atoms with Crippen LogP contribution in [0, 0.1) is 10.1 Å². The maximum absolute atomic E-state index is 13.0. The molecule has 33 heavy (non-hydrogen) atoms. The molecule has 2 N–H and O–H groups in total. The second-order valence-corrected chi connectivity index (χ2v) is 7.51. The highest BCUT2D eigenvalue weighted by Crippen LogP contribution is 2.45. The van der Waals surface area contributed by atoms with Crippen molar-refractivity contribution in [2.45, 2.75) is 13.0 Å². The molecule has 2 amide bonds. The number of rotatable bonds is 6. The molecule has 0 spiro atoms. The van der Waals surface area contributed by atoms with E-state index < -0.39 is 22.4 Å². The number of nitrogens with zero attached hydrogens (tertiary/aromatic N) is 2. The number of amides is 2. The van der Waals surface area contributed by atoms with Crippen LogP contribution in [0.1, 0.15) is 29.7 Å². The number of carbonyl (C=O) groups excluding carboxylic acids is 1. The number of ether oxygens (including phenoxy) is 1. The molecule has 0 aromatic heterocycles. The standard InChI is InChI=1S/C25H23N3O5/c1-3-33-20-15-18(14-19(24(20)29)28(31)32)22-21(16-10-6-4-7-11-16)23(27(2)25(30)26-22)17-12-8-5-9-13-17/h4-15,22,29H,3H2,1-2H3,(H,26,30). The van der Waals surface area contributed by atoms with E-state index in [-0.39, 0.29) is 18.4 Å². The molecular weight excluding hydrogens is 422 g/mol. The highest BCUT2D eigenvalue weighted by atomic mass is 16.6. The van der Waals surface area contributed by atoms with E-state index in [4.69, 9.17) is 4.74 Å². The largest absolute Gasteiger partial charge is 0.500 e. The predicted octanol–water partition coefficient (Wildman–Crippen LogP) is 4.96. The Morgan fingerprint density at radius 1 is 1.06 bits per heavy atom. The van der Waals surface area contributed by atoms with Crippen molar-refractivity contribution in [1.82, 2.24) is 10.2 Å². The zero-order chi connectivity index (χ0) is 23.5. The van der Waals surface area contributed by atoms with Crippen molar-refractivity contribution in [3.63, 3.8) is 0 Å². The summed E-state index contributed by atoms with van der Waals surface area (Å²) in [5.41, 5.74) is 3.07. The lowest BCUT2D eigenvalue weighted by Gasteiger charge is -2.36. The Labute approximate surface area is 190 Å².